The Kier molecular flexibility index (Phi) is 1.77. The highest BCUT2D eigenvalue weighted by molar-refractivity contribution is 6.25. The van der Waals surface area contributed by atoms with Crippen LogP contribution in [0.5, 0.6) is 0 Å². The minimum Gasteiger partial charge on any atom is -0.463 e. The van der Waals surface area contributed by atoms with Gasteiger partial charge < -0.3 is 8.83 Å². The van der Waals surface area contributed by atoms with Gasteiger partial charge >= 0.3 is 0 Å². The van der Waals surface area contributed by atoms with Gasteiger partial charge in [-0.05, 0) is 50.8 Å². The van der Waals surface area contributed by atoms with Crippen molar-refractivity contribution in [2.45, 2.75) is 0 Å². The minimum absolute atomic E-state index is 0.127. The van der Waals surface area contributed by atoms with Gasteiger partial charge in [-0.2, -0.15) is 0 Å². The van der Waals surface area contributed by atoms with E-state index in [0.29, 0.717) is 0 Å². The quantitative estimate of drug-likeness (QED) is 0.231. The third-order valence-corrected chi connectivity index (χ3v) is 6.05. The van der Waals surface area contributed by atoms with Crippen molar-refractivity contribution in [3.63, 3.8) is 0 Å². The normalized spacial score (nSPS) is 19.3. The van der Waals surface area contributed by atoms with Gasteiger partial charge in [0.25, 0.3) is 0 Å². The van der Waals surface area contributed by atoms with Crippen LogP contribution in [-0.2, 0) is 0 Å². The highest BCUT2D eigenvalue weighted by atomic mass is 16.3. The standard InChI is InChI=1S/C34H20O2/c1-2-10-21(11-3-1)31-22-12-4-6-14-24(22)32(25-15-7-5-13-23(25)31)28-20-35-34-26(28)18-19-30-33(34)27-16-8-9-17-29(27)36-30/h1-20H/i1D,2D,3D,4D,5D,6D,7D,8D,9D,10D,11D,12D,13D,14D,15D,16D,17D,18D,19D. The van der Waals surface area contributed by atoms with Crippen molar-refractivity contribution >= 4 is 54.5 Å². The van der Waals surface area contributed by atoms with E-state index in [2.05, 4.69) is 0 Å². The molecule has 0 amide bonds. The summed E-state index contributed by atoms with van der Waals surface area (Å²) in [5.41, 5.74) is -2.55. The molecule has 0 unspecified atom stereocenters. The molecule has 0 aliphatic carbocycles. The van der Waals surface area contributed by atoms with E-state index in [-0.39, 0.29) is 44.0 Å². The fourth-order valence-corrected chi connectivity index (χ4v) is 4.61. The van der Waals surface area contributed by atoms with Crippen LogP contribution in [0.15, 0.2) is 130 Å². The number of hydrogen-bond donors (Lipinski definition) is 0. The molecule has 0 aliphatic rings. The molecule has 0 atom stereocenters. The second kappa shape index (κ2) is 7.34. The van der Waals surface area contributed by atoms with Gasteiger partial charge in [-0.15, -0.1) is 0 Å². The summed E-state index contributed by atoms with van der Waals surface area (Å²) in [6.45, 7) is 0. The Morgan fingerprint density at radius 1 is 0.472 bits per heavy atom. The monoisotopic (exact) mass is 479 g/mol. The average Bonchev–Trinajstić information content (AvgIpc) is 3.79. The molecule has 0 saturated heterocycles. The van der Waals surface area contributed by atoms with Crippen LogP contribution in [0.1, 0.15) is 26.0 Å². The van der Waals surface area contributed by atoms with Crippen molar-refractivity contribution in [2.75, 3.05) is 0 Å². The van der Waals surface area contributed by atoms with Crippen LogP contribution in [0.25, 0.3) is 76.7 Å². The summed E-state index contributed by atoms with van der Waals surface area (Å²) in [6.07, 6.45) is 1.02. The van der Waals surface area contributed by atoms with E-state index in [1.807, 2.05) is 0 Å². The van der Waals surface area contributed by atoms with Crippen LogP contribution in [-0.4, -0.2) is 0 Å². The molecule has 2 nitrogen and oxygen atoms in total. The molecule has 0 spiro atoms. The first-order valence-electron chi connectivity index (χ1n) is 20.1. The summed E-state index contributed by atoms with van der Waals surface area (Å²) < 4.78 is 177. The molecule has 2 heterocycles. The van der Waals surface area contributed by atoms with Gasteiger partial charge in [-0.3, -0.25) is 0 Å². The van der Waals surface area contributed by atoms with Crippen molar-refractivity contribution in [1.82, 2.24) is 0 Å². The molecule has 6 aromatic carbocycles. The number of fused-ring (bicyclic) bond motifs is 7. The van der Waals surface area contributed by atoms with Gasteiger partial charge in [-0.25, -0.2) is 0 Å². The fourth-order valence-electron chi connectivity index (χ4n) is 4.61. The maximum absolute atomic E-state index is 9.17. The minimum atomic E-state index is -0.819. The summed E-state index contributed by atoms with van der Waals surface area (Å²) in [7, 11) is 0. The molecule has 2 aromatic heterocycles. The first kappa shape index (κ1) is 8.69. The van der Waals surface area contributed by atoms with Gasteiger partial charge in [-0.1, -0.05) is 96.7 Å². The van der Waals surface area contributed by atoms with E-state index in [0.717, 1.165) is 6.26 Å². The third-order valence-electron chi connectivity index (χ3n) is 6.05. The smallest absolute Gasteiger partial charge is 0.146 e. The van der Waals surface area contributed by atoms with E-state index in [4.69, 9.17) is 34.9 Å². The van der Waals surface area contributed by atoms with Crippen molar-refractivity contribution < 1.29 is 34.9 Å². The molecule has 8 rings (SSSR count). The van der Waals surface area contributed by atoms with E-state index >= 15 is 0 Å². The lowest BCUT2D eigenvalue weighted by Crippen LogP contribution is -1.90. The Balaban J connectivity index is 1.73. The highest BCUT2D eigenvalue weighted by Crippen LogP contribution is 2.47. The van der Waals surface area contributed by atoms with Gasteiger partial charge in [0, 0.05) is 21.9 Å². The van der Waals surface area contributed by atoms with Crippen molar-refractivity contribution in [2.24, 2.45) is 0 Å². The second-order valence-corrected chi connectivity index (χ2v) is 7.86. The summed E-state index contributed by atoms with van der Waals surface area (Å²) in [5.74, 6) is 0. The van der Waals surface area contributed by atoms with Gasteiger partial charge in [0.1, 0.15) is 16.7 Å². The summed E-state index contributed by atoms with van der Waals surface area (Å²) in [4.78, 5) is 0. The highest BCUT2D eigenvalue weighted by Gasteiger charge is 2.21. The molecule has 0 saturated carbocycles. The lowest BCUT2D eigenvalue weighted by atomic mass is 9.86. The number of rotatable bonds is 2. The predicted octanol–water partition coefficient (Wildman–Crippen LogP) is 9.97. The second-order valence-electron chi connectivity index (χ2n) is 7.86. The van der Waals surface area contributed by atoms with E-state index < -0.39 is 147 Å². The lowest BCUT2D eigenvalue weighted by Gasteiger charge is -2.17. The molecular weight excluding hydrogens is 440 g/mol. The van der Waals surface area contributed by atoms with Crippen LogP contribution in [0.3, 0.4) is 0 Å². The van der Waals surface area contributed by atoms with Crippen molar-refractivity contribution in [3.05, 3.63) is 121 Å². The number of para-hydroxylation sites is 1. The SMILES string of the molecule is [2H]c1c([2H])c([2H])c(-c2c3c([2H])c([2H])c([2H])c([2H])c3c(-c3coc4c3c([2H])c([2H])c3oc5c([2H])c([2H])c([2H])c([2H])c5c34)c3c([2H])c([2H])c([2H])c([2H])c23)c([2H])c1[2H]. The zero-order valence-corrected chi connectivity index (χ0v) is 17.9. The predicted molar refractivity (Wildman–Crippen MR) is 149 cm³/mol. The Morgan fingerprint density at radius 3 is 1.75 bits per heavy atom. The zero-order valence-electron chi connectivity index (χ0n) is 36.9. The molecule has 36 heavy (non-hydrogen) atoms. The maximum Gasteiger partial charge on any atom is 0.146 e. The van der Waals surface area contributed by atoms with E-state index in [1.54, 1.807) is 0 Å². The molecule has 0 N–H and O–H groups in total. The van der Waals surface area contributed by atoms with Crippen LogP contribution in [0.4, 0.5) is 0 Å². The maximum atomic E-state index is 9.17. The zero-order chi connectivity index (χ0) is 40.2. The Labute approximate surface area is 233 Å². The van der Waals surface area contributed by atoms with Crippen LogP contribution >= 0.6 is 0 Å². The Morgan fingerprint density at radius 2 is 1.06 bits per heavy atom. The third kappa shape index (κ3) is 2.61. The van der Waals surface area contributed by atoms with E-state index in [1.165, 1.54) is 0 Å². The first-order valence-corrected chi connectivity index (χ1v) is 10.6. The van der Waals surface area contributed by atoms with E-state index in [9.17, 15) is 0 Å². The number of hydrogen-bond acceptors (Lipinski definition) is 2. The summed E-state index contributed by atoms with van der Waals surface area (Å²) in [5, 5.41) is -2.38. The molecule has 2 heteroatoms. The fraction of sp³-hybridized carbons (Fsp3) is 0. The molecule has 0 bridgehead atoms. The molecule has 168 valence electrons. The van der Waals surface area contributed by atoms with Gasteiger partial charge in [0.15, 0.2) is 0 Å². The molecule has 8 aromatic rings. The van der Waals surface area contributed by atoms with Crippen LogP contribution < -0.4 is 0 Å². The number of furan rings is 2. The Hall–Kier alpha value is -4.82. The molecule has 0 fully saturated rings. The van der Waals surface area contributed by atoms with Crippen LogP contribution in [0, 0.1) is 0 Å². The molecular formula is C34H20O2. The topological polar surface area (TPSA) is 26.3 Å². The van der Waals surface area contributed by atoms with Crippen molar-refractivity contribution in [1.29, 1.82) is 0 Å². The summed E-state index contributed by atoms with van der Waals surface area (Å²) in [6, 6.07) is -13.9. The Bertz CT molecular complexity index is 3030. The van der Waals surface area contributed by atoms with Crippen molar-refractivity contribution in [3.8, 4) is 22.3 Å². The number of benzene rings is 6. The van der Waals surface area contributed by atoms with Gasteiger partial charge in [0.05, 0.1) is 37.7 Å². The lowest BCUT2D eigenvalue weighted by molar-refractivity contribution is 0.619. The van der Waals surface area contributed by atoms with Gasteiger partial charge in [0.2, 0.25) is 0 Å². The first-order chi connectivity index (χ1) is 25.8. The average molecular weight is 480 g/mol. The van der Waals surface area contributed by atoms with Crippen LogP contribution in [0.2, 0.25) is 0 Å². The molecule has 0 aliphatic heterocycles. The molecule has 0 radical (unpaired) electrons. The largest absolute Gasteiger partial charge is 0.463 e. The summed E-state index contributed by atoms with van der Waals surface area (Å²) >= 11 is 0.